The molecule has 1 unspecified atom stereocenters. The van der Waals surface area contributed by atoms with Crippen molar-refractivity contribution in [2.45, 2.75) is 37.6 Å². The van der Waals surface area contributed by atoms with Crippen molar-refractivity contribution in [3.05, 3.63) is 65.2 Å². The second kappa shape index (κ2) is 7.21. The van der Waals surface area contributed by atoms with Crippen LogP contribution in [0.4, 0.5) is 0 Å². The third-order valence-corrected chi connectivity index (χ3v) is 6.59. The summed E-state index contributed by atoms with van der Waals surface area (Å²) >= 11 is 0. The average Bonchev–Trinajstić information content (AvgIpc) is 2.62. The molecule has 138 valence electrons. The lowest BCUT2D eigenvalue weighted by molar-refractivity contribution is -0.126. The van der Waals surface area contributed by atoms with E-state index in [-0.39, 0.29) is 17.3 Å². The third-order valence-electron chi connectivity index (χ3n) is 4.71. The number of sulfonamides is 1. The van der Waals surface area contributed by atoms with Crippen molar-refractivity contribution in [3.8, 4) is 0 Å². The first-order valence-electron chi connectivity index (χ1n) is 8.77. The van der Waals surface area contributed by atoms with Crippen molar-refractivity contribution >= 4 is 15.9 Å². The number of benzene rings is 2. The van der Waals surface area contributed by atoms with Crippen molar-refractivity contribution in [1.82, 2.24) is 9.62 Å². The molecule has 0 aliphatic carbocycles. The molecule has 1 aliphatic rings. The van der Waals surface area contributed by atoms with Crippen LogP contribution in [0.3, 0.4) is 0 Å². The normalized spacial score (nSPS) is 18.8. The van der Waals surface area contributed by atoms with E-state index in [1.165, 1.54) is 4.31 Å². The molecule has 1 heterocycles. The number of hydrogen-bond donors (Lipinski definition) is 1. The molecule has 1 amide bonds. The Bertz CT molecular complexity index is 888. The number of piperazine rings is 1. The molecule has 0 saturated carbocycles. The first kappa shape index (κ1) is 18.6. The van der Waals surface area contributed by atoms with Gasteiger partial charge in [-0.05, 0) is 36.1 Å². The van der Waals surface area contributed by atoms with E-state index in [1.807, 2.05) is 43.3 Å². The van der Waals surface area contributed by atoms with E-state index in [4.69, 9.17) is 0 Å². The molecule has 1 N–H and O–H groups in total. The van der Waals surface area contributed by atoms with Gasteiger partial charge in [0.05, 0.1) is 4.90 Å². The van der Waals surface area contributed by atoms with Gasteiger partial charge in [-0.25, -0.2) is 8.42 Å². The van der Waals surface area contributed by atoms with E-state index in [0.29, 0.717) is 18.0 Å². The molecule has 3 rings (SSSR count). The lowest BCUT2D eigenvalue weighted by Gasteiger charge is -2.34. The third kappa shape index (κ3) is 3.52. The van der Waals surface area contributed by atoms with Crippen LogP contribution < -0.4 is 5.32 Å². The SMILES string of the molecule is Cc1ccc(C2C(=O)NCCN2S(=O)(=O)c2ccc(C(C)C)cc2)cc1. The monoisotopic (exact) mass is 372 g/mol. The lowest BCUT2D eigenvalue weighted by Crippen LogP contribution is -2.52. The summed E-state index contributed by atoms with van der Waals surface area (Å²) in [6.07, 6.45) is 0. The molecule has 0 bridgehead atoms. The molecule has 5 nitrogen and oxygen atoms in total. The minimum absolute atomic E-state index is 0.216. The maximum absolute atomic E-state index is 13.2. The molecular weight excluding hydrogens is 348 g/mol. The molecule has 6 heteroatoms. The fourth-order valence-corrected chi connectivity index (χ4v) is 4.71. The second-order valence-electron chi connectivity index (χ2n) is 6.94. The van der Waals surface area contributed by atoms with Crippen molar-refractivity contribution in [1.29, 1.82) is 0 Å². The van der Waals surface area contributed by atoms with Gasteiger partial charge in [-0.2, -0.15) is 4.31 Å². The Hall–Kier alpha value is -2.18. The number of carbonyl (C=O) groups is 1. The molecule has 0 aromatic heterocycles. The topological polar surface area (TPSA) is 66.5 Å². The Morgan fingerprint density at radius 1 is 1.04 bits per heavy atom. The van der Waals surface area contributed by atoms with Crippen LogP contribution in [0.15, 0.2) is 53.4 Å². The summed E-state index contributed by atoms with van der Waals surface area (Å²) in [5.74, 6) is 0.0373. The van der Waals surface area contributed by atoms with Crippen LogP contribution in [0.1, 0.15) is 42.5 Å². The quantitative estimate of drug-likeness (QED) is 0.897. The van der Waals surface area contributed by atoms with Crippen molar-refractivity contribution < 1.29 is 13.2 Å². The minimum atomic E-state index is -3.77. The van der Waals surface area contributed by atoms with E-state index in [0.717, 1.165) is 11.1 Å². The largest absolute Gasteiger partial charge is 0.353 e. The van der Waals surface area contributed by atoms with Crippen LogP contribution in [-0.2, 0) is 14.8 Å². The fourth-order valence-electron chi connectivity index (χ4n) is 3.13. The van der Waals surface area contributed by atoms with E-state index in [2.05, 4.69) is 19.2 Å². The number of nitrogens with one attached hydrogen (secondary N) is 1. The number of aryl methyl sites for hydroxylation is 1. The van der Waals surface area contributed by atoms with Gasteiger partial charge in [0.15, 0.2) is 0 Å². The summed E-state index contributed by atoms with van der Waals surface area (Å²) in [6.45, 7) is 6.64. The summed E-state index contributed by atoms with van der Waals surface area (Å²) in [7, 11) is -3.77. The van der Waals surface area contributed by atoms with Gasteiger partial charge in [-0.1, -0.05) is 55.8 Å². The minimum Gasteiger partial charge on any atom is -0.353 e. The number of hydrogen-bond acceptors (Lipinski definition) is 3. The lowest BCUT2D eigenvalue weighted by atomic mass is 10.0. The highest BCUT2D eigenvalue weighted by molar-refractivity contribution is 7.89. The van der Waals surface area contributed by atoms with Gasteiger partial charge in [-0.3, -0.25) is 4.79 Å². The molecule has 1 atom stereocenters. The van der Waals surface area contributed by atoms with Crippen LogP contribution in [0.2, 0.25) is 0 Å². The zero-order valence-corrected chi connectivity index (χ0v) is 16.1. The fraction of sp³-hybridized carbons (Fsp3) is 0.350. The van der Waals surface area contributed by atoms with E-state index in [1.54, 1.807) is 12.1 Å². The number of nitrogens with zero attached hydrogens (tertiary/aromatic N) is 1. The number of carbonyl (C=O) groups excluding carboxylic acids is 1. The van der Waals surface area contributed by atoms with Crippen molar-refractivity contribution in [3.63, 3.8) is 0 Å². The highest BCUT2D eigenvalue weighted by Gasteiger charge is 2.39. The van der Waals surface area contributed by atoms with Gasteiger partial charge in [0.25, 0.3) is 0 Å². The van der Waals surface area contributed by atoms with Crippen LogP contribution >= 0.6 is 0 Å². The summed E-state index contributed by atoms with van der Waals surface area (Å²) in [6, 6.07) is 13.5. The molecule has 2 aromatic carbocycles. The summed E-state index contributed by atoms with van der Waals surface area (Å²) in [4.78, 5) is 12.7. The van der Waals surface area contributed by atoms with Crippen LogP contribution in [-0.4, -0.2) is 31.7 Å². The average molecular weight is 372 g/mol. The highest BCUT2D eigenvalue weighted by Crippen LogP contribution is 2.30. The molecule has 26 heavy (non-hydrogen) atoms. The molecule has 1 aliphatic heterocycles. The number of rotatable bonds is 4. The zero-order chi connectivity index (χ0) is 18.9. The smallest absolute Gasteiger partial charge is 0.244 e. The Morgan fingerprint density at radius 2 is 1.65 bits per heavy atom. The second-order valence-corrected chi connectivity index (χ2v) is 8.83. The van der Waals surface area contributed by atoms with Gasteiger partial charge in [0, 0.05) is 13.1 Å². The Balaban J connectivity index is 2.00. The highest BCUT2D eigenvalue weighted by atomic mass is 32.2. The predicted octanol–water partition coefficient (Wildman–Crippen LogP) is 2.98. The van der Waals surface area contributed by atoms with Crippen molar-refractivity contribution in [2.75, 3.05) is 13.1 Å². The zero-order valence-electron chi connectivity index (χ0n) is 15.3. The summed E-state index contributed by atoms with van der Waals surface area (Å²) in [5.41, 5.74) is 2.81. The standard InChI is InChI=1S/C20H24N2O3S/c1-14(2)16-8-10-18(11-9-16)26(24,25)22-13-12-21-20(23)19(22)17-6-4-15(3)5-7-17/h4-11,14,19H,12-13H2,1-3H3,(H,21,23). The first-order chi connectivity index (χ1) is 12.3. The van der Waals surface area contributed by atoms with Gasteiger partial charge in [0.1, 0.15) is 6.04 Å². The van der Waals surface area contributed by atoms with Gasteiger partial charge in [-0.15, -0.1) is 0 Å². The molecule has 2 aromatic rings. The van der Waals surface area contributed by atoms with Gasteiger partial charge < -0.3 is 5.32 Å². The Labute approximate surface area is 155 Å². The molecule has 0 radical (unpaired) electrons. The molecule has 1 fully saturated rings. The van der Waals surface area contributed by atoms with E-state index in [9.17, 15) is 13.2 Å². The van der Waals surface area contributed by atoms with E-state index >= 15 is 0 Å². The number of amides is 1. The van der Waals surface area contributed by atoms with Gasteiger partial charge >= 0.3 is 0 Å². The first-order valence-corrected chi connectivity index (χ1v) is 10.2. The Kier molecular flexibility index (Phi) is 5.16. The molecular formula is C20H24N2O3S. The maximum Gasteiger partial charge on any atom is 0.244 e. The van der Waals surface area contributed by atoms with E-state index < -0.39 is 16.1 Å². The molecule has 0 spiro atoms. The van der Waals surface area contributed by atoms with Crippen LogP contribution in [0, 0.1) is 6.92 Å². The predicted molar refractivity (Wildman–Crippen MR) is 101 cm³/mol. The van der Waals surface area contributed by atoms with Crippen LogP contribution in [0.25, 0.3) is 0 Å². The van der Waals surface area contributed by atoms with Crippen molar-refractivity contribution in [2.24, 2.45) is 0 Å². The van der Waals surface area contributed by atoms with Crippen LogP contribution in [0.5, 0.6) is 0 Å². The molecule has 1 saturated heterocycles. The summed E-state index contributed by atoms with van der Waals surface area (Å²) in [5, 5.41) is 2.78. The van der Waals surface area contributed by atoms with Gasteiger partial charge in [0.2, 0.25) is 15.9 Å². The Morgan fingerprint density at radius 3 is 2.23 bits per heavy atom. The maximum atomic E-state index is 13.2. The summed E-state index contributed by atoms with van der Waals surface area (Å²) < 4.78 is 27.7.